The Balaban J connectivity index is 1.31. The van der Waals surface area contributed by atoms with Gasteiger partial charge in [0, 0.05) is 36.2 Å². The van der Waals surface area contributed by atoms with Gasteiger partial charge in [-0.05, 0) is 36.4 Å². The third-order valence-corrected chi connectivity index (χ3v) is 5.91. The van der Waals surface area contributed by atoms with Gasteiger partial charge in [-0.1, -0.05) is 23.7 Å². The van der Waals surface area contributed by atoms with Gasteiger partial charge < -0.3 is 25.4 Å². The molecule has 0 saturated carbocycles. The van der Waals surface area contributed by atoms with Crippen molar-refractivity contribution >= 4 is 46.3 Å². The van der Waals surface area contributed by atoms with Crippen LogP contribution in [0.4, 0.5) is 21.9 Å². The summed E-state index contributed by atoms with van der Waals surface area (Å²) in [6.07, 6.45) is 2.79. The fourth-order valence-electron chi connectivity index (χ4n) is 3.96. The second kappa shape index (κ2) is 9.61. The van der Waals surface area contributed by atoms with E-state index in [9.17, 15) is 14.7 Å². The summed E-state index contributed by atoms with van der Waals surface area (Å²) in [5.41, 5.74) is 3.63. The van der Waals surface area contributed by atoms with Gasteiger partial charge in [-0.25, -0.2) is 19.1 Å². The zero-order chi connectivity index (χ0) is 24.4. The molecule has 0 radical (unpaired) electrons. The van der Waals surface area contributed by atoms with Gasteiger partial charge in [-0.15, -0.1) is 0 Å². The number of anilines is 3. The predicted octanol–water partition coefficient (Wildman–Crippen LogP) is 4.23. The first kappa shape index (κ1) is 22.6. The summed E-state index contributed by atoms with van der Waals surface area (Å²) in [6, 6.07) is 13.8. The molecule has 0 unspecified atom stereocenters. The highest BCUT2D eigenvalue weighted by Crippen LogP contribution is 2.30. The average molecular weight is 493 g/mol. The first-order valence-electron chi connectivity index (χ1n) is 10.9. The number of carbonyl (C=O) groups is 2. The van der Waals surface area contributed by atoms with Crippen molar-refractivity contribution in [1.29, 1.82) is 0 Å². The summed E-state index contributed by atoms with van der Waals surface area (Å²) in [5.74, 6) is -1.10. The number of carboxylic acid groups (broad SMARTS) is 1. The molecule has 0 spiro atoms. The van der Waals surface area contributed by atoms with E-state index in [0.29, 0.717) is 35.3 Å². The number of ether oxygens (including phenoxy) is 1. The Morgan fingerprint density at radius 1 is 1.03 bits per heavy atom. The third kappa shape index (κ3) is 4.75. The second-order valence-corrected chi connectivity index (χ2v) is 8.26. The van der Waals surface area contributed by atoms with Crippen LogP contribution in [0.3, 0.4) is 0 Å². The molecule has 1 fully saturated rings. The maximum absolute atomic E-state index is 12.6. The number of benzene rings is 2. The van der Waals surface area contributed by atoms with Crippen LogP contribution in [0.2, 0.25) is 5.02 Å². The fourth-order valence-corrected chi connectivity index (χ4v) is 4.26. The van der Waals surface area contributed by atoms with Crippen molar-refractivity contribution in [3.8, 4) is 11.3 Å². The highest BCUT2D eigenvalue weighted by molar-refractivity contribution is 6.33. The van der Waals surface area contributed by atoms with Crippen LogP contribution < -0.4 is 15.5 Å². The van der Waals surface area contributed by atoms with Crippen molar-refractivity contribution in [2.24, 2.45) is 0 Å². The zero-order valence-electron chi connectivity index (χ0n) is 18.4. The number of carbonyl (C=O) groups excluding carboxylic acids is 1. The van der Waals surface area contributed by atoms with Crippen LogP contribution in [0.1, 0.15) is 10.4 Å². The topological polar surface area (TPSA) is 121 Å². The van der Waals surface area contributed by atoms with Gasteiger partial charge >= 0.3 is 12.0 Å². The number of fused-ring (bicyclic) bond motifs is 1. The molecule has 5 rings (SSSR count). The molecular formula is C24H21ClN6O4. The number of hydrogen-bond donors (Lipinski definition) is 3. The lowest BCUT2D eigenvalue weighted by molar-refractivity contribution is 0.0698. The van der Waals surface area contributed by atoms with Crippen molar-refractivity contribution in [2.45, 2.75) is 0 Å². The molecule has 2 aromatic carbocycles. The number of nitrogens with zero attached hydrogens (tertiary/aromatic N) is 4. The van der Waals surface area contributed by atoms with Crippen LogP contribution in [0.25, 0.3) is 16.9 Å². The quantitative estimate of drug-likeness (QED) is 0.381. The lowest BCUT2D eigenvalue weighted by Gasteiger charge is -2.29. The van der Waals surface area contributed by atoms with Crippen LogP contribution >= 0.6 is 11.6 Å². The number of aromatic carboxylic acids is 1. The smallest absolute Gasteiger partial charge is 0.341 e. The Labute approximate surface area is 205 Å². The highest BCUT2D eigenvalue weighted by atomic mass is 35.5. The molecule has 2 amide bonds. The largest absolute Gasteiger partial charge is 0.477 e. The summed E-state index contributed by atoms with van der Waals surface area (Å²) < 4.78 is 6.84. The standard InChI is InChI=1S/C24H21ClN6O4/c25-19-13-17(4-5-21(19)30-8-10-35-11-9-30)29-24(34)28-16-3-1-2-15(12-16)20-6-7-26-22-18(23(32)33)14-27-31(20)22/h1-7,12-14H,8-11H2,(H,32,33)(H2,28,29,34). The van der Waals surface area contributed by atoms with E-state index in [2.05, 4.69) is 25.6 Å². The van der Waals surface area contributed by atoms with E-state index in [4.69, 9.17) is 16.3 Å². The predicted molar refractivity (Wildman–Crippen MR) is 133 cm³/mol. The van der Waals surface area contributed by atoms with E-state index in [-0.39, 0.29) is 11.2 Å². The van der Waals surface area contributed by atoms with Crippen molar-refractivity contribution in [3.63, 3.8) is 0 Å². The van der Waals surface area contributed by atoms with Crippen molar-refractivity contribution in [3.05, 3.63) is 71.5 Å². The SMILES string of the molecule is O=C(Nc1cccc(-c2ccnc3c(C(=O)O)cnn23)c1)Nc1ccc(N2CCOCC2)c(Cl)c1. The summed E-state index contributed by atoms with van der Waals surface area (Å²) in [6.45, 7) is 2.85. The molecule has 4 aromatic rings. The van der Waals surface area contributed by atoms with E-state index in [1.165, 1.54) is 16.9 Å². The van der Waals surface area contributed by atoms with Crippen molar-refractivity contribution in [2.75, 3.05) is 41.8 Å². The number of aromatic nitrogens is 3. The number of morpholine rings is 1. The van der Waals surface area contributed by atoms with Crippen LogP contribution in [0.15, 0.2) is 60.9 Å². The molecule has 0 atom stereocenters. The summed E-state index contributed by atoms with van der Waals surface area (Å²) in [5, 5.41) is 19.7. The molecule has 3 N–H and O–H groups in total. The lowest BCUT2D eigenvalue weighted by atomic mass is 10.1. The Hall–Kier alpha value is -4.15. The maximum Gasteiger partial charge on any atom is 0.341 e. The fraction of sp³-hybridized carbons (Fsp3) is 0.167. The van der Waals surface area contributed by atoms with E-state index >= 15 is 0 Å². The summed E-state index contributed by atoms with van der Waals surface area (Å²) in [7, 11) is 0. The summed E-state index contributed by atoms with van der Waals surface area (Å²) in [4.78, 5) is 30.3. The molecule has 1 saturated heterocycles. The first-order valence-corrected chi connectivity index (χ1v) is 11.2. The minimum absolute atomic E-state index is 0.0128. The molecule has 11 heteroatoms. The van der Waals surface area contributed by atoms with E-state index < -0.39 is 12.0 Å². The van der Waals surface area contributed by atoms with Crippen LogP contribution in [0.5, 0.6) is 0 Å². The Kier molecular flexibility index (Phi) is 6.21. The van der Waals surface area contributed by atoms with Gasteiger partial charge in [0.05, 0.1) is 35.8 Å². The van der Waals surface area contributed by atoms with Gasteiger partial charge in [0.2, 0.25) is 0 Å². The molecule has 10 nitrogen and oxygen atoms in total. The van der Waals surface area contributed by atoms with Crippen LogP contribution in [0, 0.1) is 0 Å². The normalized spacial score (nSPS) is 13.6. The van der Waals surface area contributed by atoms with Gasteiger partial charge in [0.1, 0.15) is 5.56 Å². The molecule has 0 aliphatic carbocycles. The number of amides is 2. The number of halogens is 1. The second-order valence-electron chi connectivity index (χ2n) is 7.85. The lowest BCUT2D eigenvalue weighted by Crippen LogP contribution is -2.36. The van der Waals surface area contributed by atoms with Gasteiger partial charge in [-0.3, -0.25) is 0 Å². The molecule has 3 heterocycles. The molecule has 1 aliphatic rings. The van der Waals surface area contributed by atoms with E-state index in [1.807, 2.05) is 12.1 Å². The first-order chi connectivity index (χ1) is 17.0. The molecule has 0 bridgehead atoms. The minimum atomic E-state index is -1.10. The number of carboxylic acids is 1. The van der Waals surface area contributed by atoms with Gasteiger partial charge in [-0.2, -0.15) is 5.10 Å². The molecule has 2 aromatic heterocycles. The maximum atomic E-state index is 12.6. The monoisotopic (exact) mass is 492 g/mol. The van der Waals surface area contributed by atoms with Crippen LogP contribution in [-0.2, 0) is 4.74 Å². The minimum Gasteiger partial charge on any atom is -0.477 e. The van der Waals surface area contributed by atoms with Crippen molar-refractivity contribution in [1.82, 2.24) is 14.6 Å². The van der Waals surface area contributed by atoms with Gasteiger partial charge in [0.15, 0.2) is 5.65 Å². The number of urea groups is 1. The third-order valence-electron chi connectivity index (χ3n) is 5.61. The number of nitrogens with one attached hydrogen (secondary N) is 2. The Morgan fingerprint density at radius 2 is 1.80 bits per heavy atom. The average Bonchev–Trinajstić information content (AvgIpc) is 3.29. The van der Waals surface area contributed by atoms with Crippen molar-refractivity contribution < 1.29 is 19.4 Å². The highest BCUT2D eigenvalue weighted by Gasteiger charge is 2.16. The van der Waals surface area contributed by atoms with E-state index in [0.717, 1.165) is 24.3 Å². The van der Waals surface area contributed by atoms with E-state index in [1.54, 1.807) is 36.4 Å². The summed E-state index contributed by atoms with van der Waals surface area (Å²) >= 11 is 6.46. The Morgan fingerprint density at radius 3 is 2.54 bits per heavy atom. The molecule has 35 heavy (non-hydrogen) atoms. The molecular weight excluding hydrogens is 472 g/mol. The number of hydrogen-bond acceptors (Lipinski definition) is 6. The van der Waals surface area contributed by atoms with Crippen LogP contribution in [-0.4, -0.2) is 58.0 Å². The number of rotatable bonds is 5. The zero-order valence-corrected chi connectivity index (χ0v) is 19.2. The molecule has 178 valence electrons. The Bertz CT molecular complexity index is 1420. The molecule has 1 aliphatic heterocycles. The van der Waals surface area contributed by atoms with Gasteiger partial charge in [0.25, 0.3) is 0 Å².